The normalized spacial score (nSPS) is 25.0. The molecule has 1 aromatic heterocycles. The molecule has 8 nitrogen and oxygen atoms in total. The Morgan fingerprint density at radius 2 is 2.08 bits per heavy atom. The first kappa shape index (κ1) is 18.4. The number of anilines is 1. The monoisotopic (exact) mass is 361 g/mol. The highest BCUT2D eigenvalue weighted by molar-refractivity contribution is 5.75. The zero-order chi connectivity index (χ0) is 18.5. The second-order valence-electron chi connectivity index (χ2n) is 7.02. The van der Waals surface area contributed by atoms with Gasteiger partial charge in [-0.05, 0) is 37.9 Å². The predicted octanol–water partition coefficient (Wildman–Crippen LogP) is 0.897. The molecule has 1 aromatic rings. The number of aromatic nitrogens is 1. The fraction of sp³-hybridized carbons (Fsp3) is 0.611. The number of likely N-dealkylation sites (N-methyl/N-ethyl adjacent to an activating group) is 1. The second-order valence-corrected chi connectivity index (χ2v) is 7.02. The molecule has 3 N–H and O–H groups in total. The number of hydrogen-bond donors (Lipinski definition) is 3. The van der Waals surface area contributed by atoms with Crippen LogP contribution in [0, 0.1) is 0 Å². The SMILES string of the molecule is CCN(CC(=O)O)C1CC(NC(=O)NC2CCN(c3ccccn3)C2)C1. The number of amides is 2. The lowest BCUT2D eigenvalue weighted by molar-refractivity contribution is -0.139. The van der Waals surface area contributed by atoms with Gasteiger partial charge in [0.05, 0.1) is 6.54 Å². The molecule has 2 fully saturated rings. The lowest BCUT2D eigenvalue weighted by Crippen LogP contribution is -2.57. The van der Waals surface area contributed by atoms with Gasteiger partial charge in [0.15, 0.2) is 0 Å². The van der Waals surface area contributed by atoms with Crippen LogP contribution in [0.15, 0.2) is 24.4 Å². The minimum Gasteiger partial charge on any atom is -0.480 e. The highest BCUT2D eigenvalue weighted by Crippen LogP contribution is 2.25. The number of pyridine rings is 1. The van der Waals surface area contributed by atoms with E-state index in [1.807, 2.05) is 30.0 Å². The van der Waals surface area contributed by atoms with Crippen LogP contribution in [0.2, 0.25) is 0 Å². The average molecular weight is 361 g/mol. The molecule has 2 heterocycles. The van der Waals surface area contributed by atoms with Gasteiger partial charge >= 0.3 is 12.0 Å². The van der Waals surface area contributed by atoms with Crippen molar-refractivity contribution >= 4 is 17.8 Å². The Morgan fingerprint density at radius 1 is 1.31 bits per heavy atom. The van der Waals surface area contributed by atoms with Crippen LogP contribution in [-0.2, 0) is 4.79 Å². The van der Waals surface area contributed by atoms with Crippen molar-refractivity contribution in [3.05, 3.63) is 24.4 Å². The second kappa shape index (κ2) is 8.35. The van der Waals surface area contributed by atoms with E-state index < -0.39 is 5.97 Å². The highest BCUT2D eigenvalue weighted by atomic mass is 16.4. The molecule has 1 aliphatic carbocycles. The first-order valence-corrected chi connectivity index (χ1v) is 9.24. The van der Waals surface area contributed by atoms with E-state index in [1.165, 1.54) is 0 Å². The summed E-state index contributed by atoms with van der Waals surface area (Å²) in [5, 5.41) is 15.0. The van der Waals surface area contributed by atoms with Crippen LogP contribution in [0.1, 0.15) is 26.2 Å². The summed E-state index contributed by atoms with van der Waals surface area (Å²) in [6, 6.07) is 6.18. The number of urea groups is 1. The predicted molar refractivity (Wildman–Crippen MR) is 98.2 cm³/mol. The maximum Gasteiger partial charge on any atom is 0.317 e. The van der Waals surface area contributed by atoms with Crippen molar-refractivity contribution in [2.45, 2.75) is 44.3 Å². The Hall–Kier alpha value is -2.35. The maximum absolute atomic E-state index is 12.2. The number of hydrogen-bond acceptors (Lipinski definition) is 5. The van der Waals surface area contributed by atoms with E-state index in [-0.39, 0.29) is 30.7 Å². The van der Waals surface area contributed by atoms with Crippen LogP contribution in [0.4, 0.5) is 10.6 Å². The molecule has 142 valence electrons. The largest absolute Gasteiger partial charge is 0.480 e. The third-order valence-electron chi connectivity index (χ3n) is 5.21. The van der Waals surface area contributed by atoms with Crippen LogP contribution in [0.5, 0.6) is 0 Å². The number of rotatable bonds is 7. The molecule has 0 radical (unpaired) electrons. The van der Waals surface area contributed by atoms with Gasteiger partial charge in [0.25, 0.3) is 0 Å². The van der Waals surface area contributed by atoms with Crippen LogP contribution in [-0.4, -0.2) is 71.3 Å². The Labute approximate surface area is 153 Å². The summed E-state index contributed by atoms with van der Waals surface area (Å²) in [6.45, 7) is 4.38. The van der Waals surface area contributed by atoms with Crippen LogP contribution in [0.3, 0.4) is 0 Å². The van der Waals surface area contributed by atoms with Crippen molar-refractivity contribution in [3.8, 4) is 0 Å². The van der Waals surface area contributed by atoms with E-state index in [1.54, 1.807) is 6.20 Å². The van der Waals surface area contributed by atoms with Gasteiger partial charge in [-0.2, -0.15) is 0 Å². The average Bonchev–Trinajstić information content (AvgIpc) is 3.05. The Morgan fingerprint density at radius 3 is 2.73 bits per heavy atom. The number of nitrogens with one attached hydrogen (secondary N) is 2. The molecule has 26 heavy (non-hydrogen) atoms. The fourth-order valence-corrected chi connectivity index (χ4v) is 3.72. The number of carbonyl (C=O) groups excluding carboxylic acids is 1. The number of aliphatic carboxylic acids is 1. The van der Waals surface area contributed by atoms with Gasteiger partial charge in [0.2, 0.25) is 0 Å². The summed E-state index contributed by atoms with van der Waals surface area (Å²) in [5.74, 6) is 0.136. The molecule has 1 aliphatic heterocycles. The maximum atomic E-state index is 12.2. The molecule has 1 saturated heterocycles. The number of carboxylic acid groups (broad SMARTS) is 1. The lowest BCUT2D eigenvalue weighted by Gasteiger charge is -2.42. The molecule has 2 amide bonds. The molecule has 8 heteroatoms. The van der Waals surface area contributed by atoms with Crippen LogP contribution < -0.4 is 15.5 Å². The molecule has 1 atom stereocenters. The molecule has 1 saturated carbocycles. The molecular weight excluding hydrogens is 334 g/mol. The number of carboxylic acids is 1. The molecule has 0 aromatic carbocycles. The minimum atomic E-state index is -0.806. The van der Waals surface area contributed by atoms with Crippen molar-refractivity contribution in [1.29, 1.82) is 0 Å². The topological polar surface area (TPSA) is 97.8 Å². The summed E-state index contributed by atoms with van der Waals surface area (Å²) in [7, 11) is 0. The van der Waals surface area contributed by atoms with Crippen LogP contribution >= 0.6 is 0 Å². The summed E-state index contributed by atoms with van der Waals surface area (Å²) in [6.07, 6.45) is 4.29. The molecule has 0 spiro atoms. The smallest absolute Gasteiger partial charge is 0.317 e. The standard InChI is InChI=1S/C18H27N5O3/c1-2-22(12-17(24)25)15-9-14(10-15)21-18(26)20-13-6-8-23(11-13)16-5-3-4-7-19-16/h3-5,7,13-15H,2,6,8-12H2,1H3,(H,24,25)(H2,20,21,26). The van der Waals surface area contributed by atoms with E-state index in [9.17, 15) is 9.59 Å². The third kappa shape index (κ3) is 4.63. The van der Waals surface area contributed by atoms with Crippen LogP contribution in [0.25, 0.3) is 0 Å². The molecule has 3 rings (SSSR count). The first-order valence-electron chi connectivity index (χ1n) is 9.24. The summed E-state index contributed by atoms with van der Waals surface area (Å²) >= 11 is 0. The van der Waals surface area contributed by atoms with E-state index >= 15 is 0 Å². The molecule has 1 unspecified atom stereocenters. The Kier molecular flexibility index (Phi) is 5.92. The van der Waals surface area contributed by atoms with Crippen molar-refractivity contribution in [1.82, 2.24) is 20.5 Å². The van der Waals surface area contributed by atoms with E-state index in [4.69, 9.17) is 5.11 Å². The summed E-state index contributed by atoms with van der Waals surface area (Å²) < 4.78 is 0. The minimum absolute atomic E-state index is 0.0610. The van der Waals surface area contributed by atoms with Gasteiger partial charge in [-0.15, -0.1) is 0 Å². The van der Waals surface area contributed by atoms with Gasteiger partial charge in [0, 0.05) is 37.4 Å². The van der Waals surface area contributed by atoms with E-state index in [0.29, 0.717) is 6.54 Å². The van der Waals surface area contributed by atoms with Gasteiger partial charge in [-0.3, -0.25) is 9.69 Å². The van der Waals surface area contributed by atoms with Gasteiger partial charge in [0.1, 0.15) is 5.82 Å². The van der Waals surface area contributed by atoms with E-state index in [2.05, 4.69) is 20.5 Å². The quantitative estimate of drug-likeness (QED) is 0.667. The zero-order valence-corrected chi connectivity index (χ0v) is 15.1. The van der Waals surface area contributed by atoms with E-state index in [0.717, 1.165) is 38.2 Å². The van der Waals surface area contributed by atoms with Gasteiger partial charge in [-0.25, -0.2) is 9.78 Å². The van der Waals surface area contributed by atoms with Crippen molar-refractivity contribution in [2.24, 2.45) is 0 Å². The zero-order valence-electron chi connectivity index (χ0n) is 15.1. The van der Waals surface area contributed by atoms with Crippen molar-refractivity contribution < 1.29 is 14.7 Å². The molecule has 2 aliphatic rings. The van der Waals surface area contributed by atoms with Gasteiger partial charge < -0.3 is 20.6 Å². The number of nitrogens with zero attached hydrogens (tertiary/aromatic N) is 3. The highest BCUT2D eigenvalue weighted by Gasteiger charge is 2.35. The first-order chi connectivity index (χ1) is 12.5. The Balaban J connectivity index is 1.37. The molecule has 0 bridgehead atoms. The molecular formula is C18H27N5O3. The lowest BCUT2D eigenvalue weighted by atomic mass is 9.85. The Bertz CT molecular complexity index is 621. The summed E-state index contributed by atoms with van der Waals surface area (Å²) in [4.78, 5) is 31.5. The van der Waals surface area contributed by atoms with Crippen molar-refractivity contribution in [3.63, 3.8) is 0 Å². The summed E-state index contributed by atoms with van der Waals surface area (Å²) in [5.41, 5.74) is 0. The van der Waals surface area contributed by atoms with Gasteiger partial charge in [-0.1, -0.05) is 13.0 Å². The fourth-order valence-electron chi connectivity index (χ4n) is 3.72. The van der Waals surface area contributed by atoms with Crippen molar-refractivity contribution in [2.75, 3.05) is 31.1 Å². The third-order valence-corrected chi connectivity index (χ3v) is 5.21. The number of carbonyl (C=O) groups is 2.